The van der Waals surface area contributed by atoms with E-state index in [0.29, 0.717) is 5.76 Å². The Morgan fingerprint density at radius 2 is 2.44 bits per heavy atom. The summed E-state index contributed by atoms with van der Waals surface area (Å²) in [6.45, 7) is 1.79. The molecule has 2 rings (SSSR count). The van der Waals surface area contributed by atoms with Gasteiger partial charge in [-0.1, -0.05) is 6.07 Å². The maximum absolute atomic E-state index is 10.7. The van der Waals surface area contributed by atoms with Gasteiger partial charge in [-0.25, -0.2) is 4.79 Å². The lowest BCUT2D eigenvalue weighted by atomic mass is 10.3. The van der Waals surface area contributed by atoms with Gasteiger partial charge in [0, 0.05) is 11.3 Å². The summed E-state index contributed by atoms with van der Waals surface area (Å²) in [4.78, 5) is 10.7. The number of aromatic carboxylic acids is 1. The van der Waals surface area contributed by atoms with Crippen molar-refractivity contribution in [2.75, 3.05) is 0 Å². The molecule has 5 heteroatoms. The number of rotatable bonds is 4. The van der Waals surface area contributed by atoms with E-state index in [1.165, 1.54) is 4.21 Å². The lowest BCUT2D eigenvalue weighted by Gasteiger charge is -1.95. The fourth-order valence-corrected chi connectivity index (χ4v) is 3.09. The lowest BCUT2D eigenvalue weighted by molar-refractivity contribution is 0.0661. The van der Waals surface area contributed by atoms with Gasteiger partial charge < -0.3 is 9.52 Å². The van der Waals surface area contributed by atoms with Gasteiger partial charge in [-0.05, 0) is 24.4 Å². The summed E-state index contributed by atoms with van der Waals surface area (Å²) in [6, 6.07) is 5.64. The first kappa shape index (κ1) is 11.3. The molecule has 0 amide bonds. The summed E-state index contributed by atoms with van der Waals surface area (Å²) in [5.41, 5.74) is 0.941. The molecular formula is C11H10O3S2. The molecule has 16 heavy (non-hydrogen) atoms. The van der Waals surface area contributed by atoms with Crippen molar-refractivity contribution in [3.63, 3.8) is 0 Å². The van der Waals surface area contributed by atoms with Crippen LogP contribution in [0.15, 0.2) is 32.2 Å². The van der Waals surface area contributed by atoms with Gasteiger partial charge >= 0.3 is 5.97 Å². The van der Waals surface area contributed by atoms with Gasteiger partial charge in [0.15, 0.2) is 0 Å². The van der Waals surface area contributed by atoms with E-state index in [1.807, 2.05) is 17.5 Å². The van der Waals surface area contributed by atoms with Crippen molar-refractivity contribution < 1.29 is 14.3 Å². The molecule has 2 aromatic heterocycles. The second-order valence-electron chi connectivity index (χ2n) is 3.22. The number of hydrogen-bond donors (Lipinski definition) is 1. The van der Waals surface area contributed by atoms with E-state index in [9.17, 15) is 4.79 Å². The summed E-state index contributed by atoms with van der Waals surface area (Å²) in [7, 11) is 0. The van der Waals surface area contributed by atoms with Crippen LogP contribution in [0.4, 0.5) is 0 Å². The molecule has 0 atom stereocenters. The number of hydrogen-bond acceptors (Lipinski definition) is 4. The molecule has 2 aromatic rings. The average Bonchev–Trinajstić information content (AvgIpc) is 2.84. The smallest absolute Gasteiger partial charge is 0.371 e. The molecule has 0 fully saturated rings. The molecule has 3 nitrogen and oxygen atoms in total. The van der Waals surface area contributed by atoms with Crippen LogP contribution in [0, 0.1) is 6.92 Å². The molecule has 0 unspecified atom stereocenters. The average molecular weight is 254 g/mol. The third-order valence-corrected chi connectivity index (χ3v) is 4.28. The zero-order valence-electron chi connectivity index (χ0n) is 8.60. The second-order valence-corrected chi connectivity index (χ2v) is 5.44. The molecule has 0 aliphatic rings. The normalized spacial score (nSPS) is 10.6. The SMILES string of the molecule is Cc1oc(C(=O)O)cc1CSc1cccs1. The first-order valence-electron chi connectivity index (χ1n) is 4.65. The quantitative estimate of drug-likeness (QED) is 0.846. The Labute approximate surface area is 101 Å². The zero-order valence-corrected chi connectivity index (χ0v) is 10.2. The van der Waals surface area contributed by atoms with Gasteiger partial charge in [0.2, 0.25) is 5.76 Å². The van der Waals surface area contributed by atoms with Crippen LogP contribution in [-0.2, 0) is 5.75 Å². The number of aryl methyl sites for hydroxylation is 1. The van der Waals surface area contributed by atoms with Crippen LogP contribution in [-0.4, -0.2) is 11.1 Å². The maximum atomic E-state index is 10.7. The topological polar surface area (TPSA) is 50.4 Å². The van der Waals surface area contributed by atoms with Gasteiger partial charge in [-0.15, -0.1) is 23.1 Å². The number of carboxylic acid groups (broad SMARTS) is 1. The molecule has 0 radical (unpaired) electrons. The van der Waals surface area contributed by atoms with E-state index in [0.717, 1.165) is 11.3 Å². The Hall–Kier alpha value is -1.20. The van der Waals surface area contributed by atoms with Gasteiger partial charge in [0.1, 0.15) is 5.76 Å². The number of thiophene rings is 1. The van der Waals surface area contributed by atoms with Crippen molar-refractivity contribution in [2.24, 2.45) is 0 Å². The summed E-state index contributed by atoms with van der Waals surface area (Å²) in [5, 5.41) is 10.8. The van der Waals surface area contributed by atoms with Crippen LogP contribution >= 0.6 is 23.1 Å². The summed E-state index contributed by atoms with van der Waals surface area (Å²) < 4.78 is 6.36. The van der Waals surface area contributed by atoms with Gasteiger partial charge in [0.25, 0.3) is 0 Å². The predicted molar refractivity (Wildman–Crippen MR) is 64.3 cm³/mol. The molecule has 0 saturated carbocycles. The Morgan fingerprint density at radius 3 is 3.00 bits per heavy atom. The Morgan fingerprint density at radius 1 is 1.62 bits per heavy atom. The minimum atomic E-state index is -1.02. The summed E-state index contributed by atoms with van der Waals surface area (Å²) in [5.74, 6) is 0.416. The van der Waals surface area contributed by atoms with Crippen molar-refractivity contribution in [2.45, 2.75) is 16.9 Å². The maximum Gasteiger partial charge on any atom is 0.371 e. The predicted octanol–water partition coefficient (Wildman–Crippen LogP) is 3.64. The van der Waals surface area contributed by atoms with Crippen molar-refractivity contribution >= 4 is 29.1 Å². The summed E-state index contributed by atoms with van der Waals surface area (Å²) in [6.07, 6.45) is 0. The van der Waals surface area contributed by atoms with Gasteiger partial charge in [-0.2, -0.15) is 0 Å². The van der Waals surface area contributed by atoms with Crippen LogP contribution < -0.4 is 0 Å². The van der Waals surface area contributed by atoms with Crippen LogP contribution in [0.25, 0.3) is 0 Å². The molecule has 0 aromatic carbocycles. The molecule has 0 aliphatic carbocycles. The fraction of sp³-hybridized carbons (Fsp3) is 0.182. The number of thioether (sulfide) groups is 1. The Bertz CT molecular complexity index is 485. The van der Waals surface area contributed by atoms with Gasteiger partial charge in [-0.3, -0.25) is 0 Å². The molecular weight excluding hydrogens is 244 g/mol. The van der Waals surface area contributed by atoms with Crippen LogP contribution in [0.3, 0.4) is 0 Å². The van der Waals surface area contributed by atoms with Crippen molar-refractivity contribution in [1.29, 1.82) is 0 Å². The summed E-state index contributed by atoms with van der Waals surface area (Å²) >= 11 is 3.36. The molecule has 84 valence electrons. The van der Waals surface area contributed by atoms with Gasteiger partial charge in [0.05, 0.1) is 4.21 Å². The van der Waals surface area contributed by atoms with E-state index in [4.69, 9.17) is 9.52 Å². The number of carbonyl (C=O) groups is 1. The number of carboxylic acids is 1. The highest BCUT2D eigenvalue weighted by molar-refractivity contribution is 8.00. The molecule has 1 N–H and O–H groups in total. The minimum Gasteiger partial charge on any atom is -0.475 e. The monoisotopic (exact) mass is 254 g/mol. The number of furan rings is 1. The van der Waals surface area contributed by atoms with Crippen LogP contribution in [0.5, 0.6) is 0 Å². The largest absolute Gasteiger partial charge is 0.475 e. The molecule has 0 aliphatic heterocycles. The third-order valence-electron chi connectivity index (χ3n) is 2.10. The molecule has 0 saturated heterocycles. The van der Waals surface area contributed by atoms with Crippen molar-refractivity contribution in [3.05, 3.63) is 40.7 Å². The zero-order chi connectivity index (χ0) is 11.5. The van der Waals surface area contributed by atoms with E-state index in [-0.39, 0.29) is 5.76 Å². The fourth-order valence-electron chi connectivity index (χ4n) is 1.26. The third kappa shape index (κ3) is 2.48. The molecule has 0 spiro atoms. The van der Waals surface area contributed by atoms with Crippen LogP contribution in [0.1, 0.15) is 21.9 Å². The highest BCUT2D eigenvalue weighted by Crippen LogP contribution is 2.29. The highest BCUT2D eigenvalue weighted by Gasteiger charge is 2.13. The molecule has 2 heterocycles. The van der Waals surface area contributed by atoms with E-state index >= 15 is 0 Å². The van der Waals surface area contributed by atoms with E-state index in [1.54, 1.807) is 36.1 Å². The van der Waals surface area contributed by atoms with E-state index < -0.39 is 5.97 Å². The Balaban J connectivity index is 2.07. The van der Waals surface area contributed by atoms with Crippen molar-refractivity contribution in [1.82, 2.24) is 0 Å². The molecule has 0 bridgehead atoms. The van der Waals surface area contributed by atoms with E-state index in [2.05, 4.69) is 0 Å². The van der Waals surface area contributed by atoms with Crippen LogP contribution in [0.2, 0.25) is 0 Å². The second kappa shape index (κ2) is 4.76. The Kier molecular flexibility index (Phi) is 3.36. The highest BCUT2D eigenvalue weighted by atomic mass is 32.2. The first-order chi connectivity index (χ1) is 7.66. The standard InChI is InChI=1S/C11H10O3S2/c1-7-8(5-9(14-7)11(12)13)6-16-10-3-2-4-15-10/h2-5H,6H2,1H3,(H,12,13). The first-order valence-corrected chi connectivity index (χ1v) is 6.52. The minimum absolute atomic E-state index is 0.0132. The van der Waals surface area contributed by atoms with Crippen molar-refractivity contribution in [3.8, 4) is 0 Å². The lowest BCUT2D eigenvalue weighted by Crippen LogP contribution is -1.91.